The van der Waals surface area contributed by atoms with E-state index >= 15 is 0 Å². The van der Waals surface area contributed by atoms with E-state index in [1.165, 1.54) is 28.4 Å². The highest BCUT2D eigenvalue weighted by molar-refractivity contribution is 5.50. The first-order chi connectivity index (χ1) is 13.7. The minimum Gasteiger partial charge on any atom is -0.508 e. The van der Waals surface area contributed by atoms with Gasteiger partial charge in [0.25, 0.3) is 0 Å². The molecule has 1 aromatic carbocycles. The highest BCUT2D eigenvalue weighted by atomic mass is 16.3. The number of benzene rings is 1. The number of rotatable bonds is 11. The highest BCUT2D eigenvalue weighted by Crippen LogP contribution is 2.33. The first kappa shape index (κ1) is 24.6. The molecule has 0 saturated carbocycles. The second-order valence-electron chi connectivity index (χ2n) is 8.23. The summed E-state index contributed by atoms with van der Waals surface area (Å²) in [6.07, 6.45) is 15.9. The molecule has 0 aliphatic rings. The molecule has 0 heterocycles. The van der Waals surface area contributed by atoms with Crippen molar-refractivity contribution in [3.05, 3.63) is 64.3 Å². The number of hydrogen-bond donors (Lipinski definition) is 3. The fraction of sp³-hybridized carbons (Fsp3) is 0.462. The molecule has 3 nitrogen and oxygen atoms in total. The predicted molar refractivity (Wildman–Crippen MR) is 124 cm³/mol. The Morgan fingerprint density at radius 2 is 1.17 bits per heavy atom. The fourth-order valence-electron chi connectivity index (χ4n) is 3.09. The summed E-state index contributed by atoms with van der Waals surface area (Å²) >= 11 is 0. The normalized spacial score (nSPS) is 12.9. The van der Waals surface area contributed by atoms with Crippen molar-refractivity contribution in [1.29, 1.82) is 0 Å². The van der Waals surface area contributed by atoms with E-state index in [9.17, 15) is 15.3 Å². The zero-order valence-electron chi connectivity index (χ0n) is 18.8. The van der Waals surface area contributed by atoms with Crippen LogP contribution in [0.1, 0.15) is 78.7 Å². The lowest BCUT2D eigenvalue weighted by atomic mass is 10.0. The van der Waals surface area contributed by atoms with Crippen LogP contribution in [0.2, 0.25) is 0 Å². The maximum Gasteiger partial charge on any atom is 0.161 e. The Morgan fingerprint density at radius 1 is 0.690 bits per heavy atom. The van der Waals surface area contributed by atoms with Gasteiger partial charge in [0.1, 0.15) is 5.75 Å². The molecule has 1 aromatic rings. The lowest BCUT2D eigenvalue weighted by molar-refractivity contribution is 0.393. The van der Waals surface area contributed by atoms with Crippen molar-refractivity contribution in [1.82, 2.24) is 0 Å². The molecule has 0 aromatic heterocycles. The lowest BCUT2D eigenvalue weighted by Gasteiger charge is -2.06. The summed E-state index contributed by atoms with van der Waals surface area (Å²) in [6.45, 7) is 10.8. The Bertz CT molecular complexity index is 775. The van der Waals surface area contributed by atoms with Gasteiger partial charge in [-0.25, -0.2) is 0 Å². The molecule has 0 aliphatic heterocycles. The zero-order valence-corrected chi connectivity index (χ0v) is 18.8. The third-order valence-corrected chi connectivity index (χ3v) is 4.98. The monoisotopic (exact) mass is 398 g/mol. The van der Waals surface area contributed by atoms with E-state index < -0.39 is 0 Å². The van der Waals surface area contributed by atoms with Crippen LogP contribution in [0.3, 0.4) is 0 Å². The number of phenolic OH excluding ortho intramolecular Hbond substituents is 3. The molecule has 0 aliphatic carbocycles. The van der Waals surface area contributed by atoms with Gasteiger partial charge < -0.3 is 15.3 Å². The molecule has 0 amide bonds. The molecule has 160 valence electrons. The van der Waals surface area contributed by atoms with Crippen LogP contribution in [0.25, 0.3) is 0 Å². The smallest absolute Gasteiger partial charge is 0.161 e. The molecule has 1 rings (SSSR count). The first-order valence-corrected chi connectivity index (χ1v) is 10.5. The van der Waals surface area contributed by atoms with E-state index in [-0.39, 0.29) is 17.2 Å². The summed E-state index contributed by atoms with van der Waals surface area (Å²) in [4.78, 5) is 0. The van der Waals surface area contributed by atoms with E-state index in [0.29, 0.717) is 12.0 Å². The lowest BCUT2D eigenvalue weighted by Crippen LogP contribution is -1.86. The third kappa shape index (κ3) is 10.6. The van der Waals surface area contributed by atoms with Crippen molar-refractivity contribution in [2.45, 2.75) is 79.6 Å². The summed E-state index contributed by atoms with van der Waals surface area (Å²) in [5, 5.41) is 29.0. The number of hydrogen-bond acceptors (Lipinski definition) is 3. The second-order valence-corrected chi connectivity index (χ2v) is 8.23. The first-order valence-electron chi connectivity index (χ1n) is 10.5. The van der Waals surface area contributed by atoms with Crippen LogP contribution in [0.5, 0.6) is 17.2 Å². The van der Waals surface area contributed by atoms with Crippen molar-refractivity contribution in [2.75, 3.05) is 0 Å². The predicted octanol–water partition coefficient (Wildman–Crippen LogP) is 7.49. The number of aromatic hydroxyl groups is 3. The zero-order chi connectivity index (χ0) is 21.8. The van der Waals surface area contributed by atoms with Crippen LogP contribution in [0.15, 0.2) is 58.7 Å². The summed E-state index contributed by atoms with van der Waals surface area (Å²) in [7, 11) is 0. The van der Waals surface area contributed by atoms with Gasteiger partial charge in [0.05, 0.1) is 0 Å². The molecule has 0 atom stereocenters. The van der Waals surface area contributed by atoms with E-state index in [1.807, 2.05) is 6.08 Å². The largest absolute Gasteiger partial charge is 0.508 e. The van der Waals surface area contributed by atoms with Gasteiger partial charge in [-0.1, -0.05) is 46.6 Å². The van der Waals surface area contributed by atoms with Crippen molar-refractivity contribution in [3.8, 4) is 17.2 Å². The van der Waals surface area contributed by atoms with Crippen LogP contribution in [0, 0.1) is 0 Å². The van der Waals surface area contributed by atoms with Gasteiger partial charge in [-0.15, -0.1) is 0 Å². The van der Waals surface area contributed by atoms with Gasteiger partial charge in [-0.2, -0.15) is 0 Å². The van der Waals surface area contributed by atoms with E-state index in [1.54, 1.807) is 0 Å². The van der Waals surface area contributed by atoms with Crippen LogP contribution >= 0.6 is 0 Å². The summed E-state index contributed by atoms with van der Waals surface area (Å²) in [6, 6.07) is 2.63. The summed E-state index contributed by atoms with van der Waals surface area (Å²) in [5.74, 6) is -0.487. The molecule has 3 heteroatoms. The average molecular weight is 399 g/mol. The fourth-order valence-corrected chi connectivity index (χ4v) is 3.09. The molecule has 0 unspecified atom stereocenters. The Balaban J connectivity index is 2.40. The Morgan fingerprint density at radius 3 is 1.69 bits per heavy atom. The van der Waals surface area contributed by atoms with E-state index in [2.05, 4.69) is 52.8 Å². The molecule has 0 spiro atoms. The molecule has 0 fully saturated rings. The summed E-state index contributed by atoms with van der Waals surface area (Å²) in [5.41, 5.74) is 6.03. The standard InChI is InChI=1S/C26H38O3/c1-19(2)9-6-10-20(3)11-7-12-21(4)13-8-14-22(5)15-16-23-17-24(27)18-25(28)26(23)29/h9,11,13,15,17-18,27-29H,6-8,10,12,14,16H2,1-5H3/b20-11+,21-13+,22-15+. The second kappa shape index (κ2) is 12.9. The van der Waals surface area contributed by atoms with Crippen LogP contribution < -0.4 is 0 Å². The maximum atomic E-state index is 9.87. The van der Waals surface area contributed by atoms with Crippen molar-refractivity contribution < 1.29 is 15.3 Å². The number of phenols is 3. The Hall–Kier alpha value is -2.42. The van der Waals surface area contributed by atoms with Gasteiger partial charge >= 0.3 is 0 Å². The van der Waals surface area contributed by atoms with E-state index in [4.69, 9.17) is 0 Å². The summed E-state index contributed by atoms with van der Waals surface area (Å²) < 4.78 is 0. The van der Waals surface area contributed by atoms with Crippen molar-refractivity contribution in [2.24, 2.45) is 0 Å². The average Bonchev–Trinajstić information content (AvgIpc) is 2.63. The molecule has 0 bridgehead atoms. The minimum absolute atomic E-state index is 0.0406. The molecule has 0 radical (unpaired) electrons. The van der Waals surface area contributed by atoms with Crippen LogP contribution in [-0.2, 0) is 6.42 Å². The molecular formula is C26H38O3. The van der Waals surface area contributed by atoms with Crippen molar-refractivity contribution in [3.63, 3.8) is 0 Å². The third-order valence-electron chi connectivity index (χ3n) is 4.98. The van der Waals surface area contributed by atoms with Gasteiger partial charge in [0.2, 0.25) is 0 Å². The SMILES string of the molecule is CC(C)=CCC/C(C)=C/CC/C(C)=C/CC/C(C)=C/Cc1cc(O)cc(O)c1O. The quantitative estimate of drug-likeness (QED) is 0.205. The Labute approximate surface area is 176 Å². The maximum absolute atomic E-state index is 9.87. The Kier molecular flexibility index (Phi) is 11.0. The minimum atomic E-state index is -0.286. The topological polar surface area (TPSA) is 60.7 Å². The van der Waals surface area contributed by atoms with Gasteiger partial charge in [0.15, 0.2) is 11.5 Å². The van der Waals surface area contributed by atoms with Crippen molar-refractivity contribution >= 4 is 0 Å². The molecule has 29 heavy (non-hydrogen) atoms. The molecule has 0 saturated heterocycles. The number of allylic oxidation sites excluding steroid dienone is 8. The van der Waals surface area contributed by atoms with Crippen LogP contribution in [0.4, 0.5) is 0 Å². The van der Waals surface area contributed by atoms with E-state index in [0.717, 1.165) is 44.6 Å². The van der Waals surface area contributed by atoms with Gasteiger partial charge in [-0.05, 0) is 85.6 Å². The van der Waals surface area contributed by atoms with Gasteiger partial charge in [-0.3, -0.25) is 0 Å². The molecular weight excluding hydrogens is 360 g/mol. The molecule has 3 N–H and O–H groups in total. The highest BCUT2D eigenvalue weighted by Gasteiger charge is 2.07. The van der Waals surface area contributed by atoms with Crippen LogP contribution in [-0.4, -0.2) is 15.3 Å². The van der Waals surface area contributed by atoms with Gasteiger partial charge in [0, 0.05) is 11.6 Å².